The lowest BCUT2D eigenvalue weighted by Gasteiger charge is -2.46. The topological polar surface area (TPSA) is 49.5 Å². The molecule has 90 valence electrons. The van der Waals surface area contributed by atoms with Crippen molar-refractivity contribution in [2.45, 2.75) is 45.1 Å². The average molecular weight is 214 g/mol. The Bertz CT molecular complexity index is 176. The Morgan fingerprint density at radius 1 is 1.40 bits per heavy atom. The quantitative estimate of drug-likeness (QED) is 0.723. The molecular weight excluding hydrogens is 188 g/mol. The van der Waals surface area contributed by atoms with E-state index < -0.39 is 0 Å². The zero-order valence-electron chi connectivity index (χ0n) is 10.2. The van der Waals surface area contributed by atoms with Crippen LogP contribution in [0.3, 0.4) is 0 Å². The molecule has 15 heavy (non-hydrogen) atoms. The van der Waals surface area contributed by atoms with Gasteiger partial charge in [0.15, 0.2) is 0 Å². The highest BCUT2D eigenvalue weighted by molar-refractivity contribution is 4.94. The van der Waals surface area contributed by atoms with Gasteiger partial charge >= 0.3 is 0 Å². The van der Waals surface area contributed by atoms with Crippen molar-refractivity contribution >= 4 is 0 Å². The van der Waals surface area contributed by atoms with Crippen LogP contribution in [-0.4, -0.2) is 41.8 Å². The van der Waals surface area contributed by atoms with Crippen LogP contribution >= 0.6 is 0 Å². The minimum absolute atomic E-state index is 0.171. The molecule has 3 N–H and O–H groups in total. The first-order valence-electron chi connectivity index (χ1n) is 6.24. The number of likely N-dealkylation sites (N-methyl/N-ethyl adjacent to an activating group) is 1. The normalized spacial score (nSPS) is 32.2. The van der Waals surface area contributed by atoms with E-state index in [0.29, 0.717) is 0 Å². The van der Waals surface area contributed by atoms with Crippen LogP contribution in [-0.2, 0) is 0 Å². The Morgan fingerprint density at radius 2 is 2.00 bits per heavy atom. The van der Waals surface area contributed by atoms with E-state index in [-0.39, 0.29) is 12.1 Å². The molecule has 3 nitrogen and oxygen atoms in total. The molecule has 1 aliphatic carbocycles. The fourth-order valence-corrected chi connectivity index (χ4v) is 2.80. The van der Waals surface area contributed by atoms with Gasteiger partial charge in [-0.15, -0.1) is 0 Å². The lowest BCUT2D eigenvalue weighted by molar-refractivity contribution is 0.0356. The SMILES string of the molecule is CCN(CCO)C1(CN)CCC(C)CC1. The monoisotopic (exact) mass is 214 g/mol. The Hall–Kier alpha value is -0.120. The highest BCUT2D eigenvalue weighted by Gasteiger charge is 2.37. The zero-order valence-corrected chi connectivity index (χ0v) is 10.2. The molecule has 0 radical (unpaired) electrons. The van der Waals surface area contributed by atoms with Crippen molar-refractivity contribution < 1.29 is 5.11 Å². The number of hydrogen-bond donors (Lipinski definition) is 2. The van der Waals surface area contributed by atoms with Crippen LogP contribution in [0.2, 0.25) is 0 Å². The summed E-state index contributed by atoms with van der Waals surface area (Å²) in [7, 11) is 0. The smallest absolute Gasteiger partial charge is 0.0558 e. The summed E-state index contributed by atoms with van der Waals surface area (Å²) >= 11 is 0. The molecule has 0 heterocycles. The van der Waals surface area contributed by atoms with Crippen LogP contribution in [0, 0.1) is 5.92 Å². The van der Waals surface area contributed by atoms with Crippen molar-refractivity contribution in [1.29, 1.82) is 0 Å². The van der Waals surface area contributed by atoms with Crippen LogP contribution in [0.15, 0.2) is 0 Å². The van der Waals surface area contributed by atoms with Gasteiger partial charge in [0.2, 0.25) is 0 Å². The van der Waals surface area contributed by atoms with E-state index >= 15 is 0 Å². The minimum Gasteiger partial charge on any atom is -0.395 e. The maximum Gasteiger partial charge on any atom is 0.0558 e. The summed E-state index contributed by atoms with van der Waals surface area (Å²) in [4.78, 5) is 2.37. The van der Waals surface area contributed by atoms with Gasteiger partial charge in [-0.3, -0.25) is 4.90 Å². The first kappa shape index (κ1) is 12.9. The molecule has 0 aromatic carbocycles. The van der Waals surface area contributed by atoms with Crippen LogP contribution in [0.4, 0.5) is 0 Å². The van der Waals surface area contributed by atoms with Gasteiger partial charge in [0.1, 0.15) is 0 Å². The van der Waals surface area contributed by atoms with Gasteiger partial charge in [0, 0.05) is 18.6 Å². The van der Waals surface area contributed by atoms with Gasteiger partial charge in [0.05, 0.1) is 6.61 Å². The number of hydrogen-bond acceptors (Lipinski definition) is 3. The number of nitrogens with zero attached hydrogens (tertiary/aromatic N) is 1. The van der Waals surface area contributed by atoms with E-state index in [4.69, 9.17) is 10.8 Å². The third-order valence-corrected chi connectivity index (χ3v) is 4.01. The summed E-state index contributed by atoms with van der Waals surface area (Å²) < 4.78 is 0. The second kappa shape index (κ2) is 5.83. The molecule has 0 unspecified atom stereocenters. The lowest BCUT2D eigenvalue weighted by atomic mass is 9.76. The number of aliphatic hydroxyl groups excluding tert-OH is 1. The fraction of sp³-hybridized carbons (Fsp3) is 1.00. The first-order valence-corrected chi connectivity index (χ1v) is 6.24. The molecule has 0 saturated heterocycles. The number of aliphatic hydroxyl groups is 1. The van der Waals surface area contributed by atoms with Crippen LogP contribution in [0.5, 0.6) is 0 Å². The predicted octanol–water partition coefficient (Wildman–Crippen LogP) is 1.21. The third kappa shape index (κ3) is 2.92. The fourth-order valence-electron chi connectivity index (χ4n) is 2.80. The molecule has 1 saturated carbocycles. The van der Waals surface area contributed by atoms with E-state index in [2.05, 4.69) is 18.7 Å². The molecule has 0 aromatic heterocycles. The second-order valence-corrected chi connectivity index (χ2v) is 4.91. The van der Waals surface area contributed by atoms with Gasteiger partial charge in [-0.05, 0) is 38.1 Å². The average Bonchev–Trinajstić information content (AvgIpc) is 2.28. The zero-order chi connectivity index (χ0) is 11.3. The van der Waals surface area contributed by atoms with Crippen molar-refractivity contribution in [1.82, 2.24) is 4.90 Å². The molecule has 1 rings (SSSR count). The molecule has 0 aromatic rings. The maximum absolute atomic E-state index is 9.08. The standard InChI is InChI=1S/C12H26N2O/c1-3-14(8-9-15)12(10-13)6-4-11(2)5-7-12/h11,15H,3-10,13H2,1-2H3. The highest BCUT2D eigenvalue weighted by atomic mass is 16.3. The third-order valence-electron chi connectivity index (χ3n) is 4.01. The largest absolute Gasteiger partial charge is 0.395 e. The van der Waals surface area contributed by atoms with Crippen LogP contribution in [0.1, 0.15) is 39.5 Å². The Kier molecular flexibility index (Phi) is 5.03. The molecule has 0 atom stereocenters. The molecule has 3 heteroatoms. The van der Waals surface area contributed by atoms with E-state index in [0.717, 1.165) is 25.6 Å². The predicted molar refractivity (Wildman–Crippen MR) is 63.8 cm³/mol. The Labute approximate surface area is 93.6 Å². The van der Waals surface area contributed by atoms with Crippen LogP contribution in [0.25, 0.3) is 0 Å². The number of nitrogens with two attached hydrogens (primary N) is 1. The second-order valence-electron chi connectivity index (χ2n) is 4.91. The Morgan fingerprint density at radius 3 is 2.40 bits per heavy atom. The van der Waals surface area contributed by atoms with Crippen molar-refractivity contribution in [2.75, 3.05) is 26.2 Å². The summed E-state index contributed by atoms with van der Waals surface area (Å²) in [5, 5.41) is 9.08. The van der Waals surface area contributed by atoms with E-state index in [9.17, 15) is 0 Å². The summed E-state index contributed by atoms with van der Waals surface area (Å²) in [6.07, 6.45) is 4.94. The number of β-amino-alcohol motifs (C(OH)–C–C–N with tert-alkyl or cyclic N) is 1. The lowest BCUT2D eigenvalue weighted by Crippen LogP contribution is -2.56. The summed E-state index contributed by atoms with van der Waals surface area (Å²) in [5.74, 6) is 0.845. The van der Waals surface area contributed by atoms with E-state index in [1.54, 1.807) is 0 Å². The minimum atomic E-state index is 0.171. The molecule has 1 aliphatic rings. The molecule has 0 amide bonds. The first-order chi connectivity index (χ1) is 7.18. The van der Waals surface area contributed by atoms with E-state index in [1.807, 2.05) is 0 Å². The van der Waals surface area contributed by atoms with Gasteiger partial charge in [-0.25, -0.2) is 0 Å². The highest BCUT2D eigenvalue weighted by Crippen LogP contribution is 2.35. The number of rotatable bonds is 5. The van der Waals surface area contributed by atoms with E-state index in [1.165, 1.54) is 25.7 Å². The molecule has 1 fully saturated rings. The van der Waals surface area contributed by atoms with Gasteiger partial charge in [0.25, 0.3) is 0 Å². The molecule has 0 spiro atoms. The van der Waals surface area contributed by atoms with Gasteiger partial charge < -0.3 is 10.8 Å². The Balaban J connectivity index is 2.65. The summed E-state index contributed by atoms with van der Waals surface area (Å²) in [6.45, 7) is 7.21. The van der Waals surface area contributed by atoms with Crippen molar-refractivity contribution in [3.63, 3.8) is 0 Å². The molecular formula is C12H26N2O. The van der Waals surface area contributed by atoms with Gasteiger partial charge in [-0.1, -0.05) is 13.8 Å². The van der Waals surface area contributed by atoms with Crippen molar-refractivity contribution in [3.05, 3.63) is 0 Å². The maximum atomic E-state index is 9.08. The van der Waals surface area contributed by atoms with Crippen molar-refractivity contribution in [3.8, 4) is 0 Å². The van der Waals surface area contributed by atoms with Crippen molar-refractivity contribution in [2.24, 2.45) is 11.7 Å². The summed E-state index contributed by atoms with van der Waals surface area (Å²) in [5.41, 5.74) is 6.14. The molecule has 0 aliphatic heterocycles. The van der Waals surface area contributed by atoms with Gasteiger partial charge in [-0.2, -0.15) is 0 Å². The molecule has 0 bridgehead atoms. The summed E-state index contributed by atoms with van der Waals surface area (Å²) in [6, 6.07) is 0. The van der Waals surface area contributed by atoms with Crippen LogP contribution < -0.4 is 5.73 Å².